The molecule has 0 radical (unpaired) electrons. The minimum absolute atomic E-state index is 0.426. The molecule has 2 saturated carbocycles. The molecule has 0 amide bonds. The van der Waals surface area contributed by atoms with Gasteiger partial charge in [0.05, 0.1) is 6.04 Å². The van der Waals surface area contributed by atoms with Crippen LogP contribution < -0.4 is 5.32 Å². The Morgan fingerprint density at radius 3 is 2.95 bits per heavy atom. The number of hydrogen-bond donors (Lipinski definition) is 1. The Balaban J connectivity index is 1.52. The standard InChI is InChI=1S/C16H26N4/c1-2-3-14-16-19-18-15(20(16)7-6-17-14)10-13-9-11-4-5-12(13)8-11/h11-14,17H,2-10H2,1H3. The molecule has 1 aliphatic heterocycles. The van der Waals surface area contributed by atoms with E-state index in [0.717, 1.165) is 30.8 Å². The van der Waals surface area contributed by atoms with E-state index < -0.39 is 0 Å². The van der Waals surface area contributed by atoms with Crippen LogP contribution in [-0.4, -0.2) is 21.3 Å². The van der Waals surface area contributed by atoms with Crippen molar-refractivity contribution >= 4 is 0 Å². The van der Waals surface area contributed by atoms with Gasteiger partial charge in [0.1, 0.15) is 11.6 Å². The van der Waals surface area contributed by atoms with Crippen molar-refractivity contribution < 1.29 is 0 Å². The molecule has 3 aliphatic rings. The molecular weight excluding hydrogens is 248 g/mol. The molecule has 4 nitrogen and oxygen atoms in total. The molecule has 0 aromatic carbocycles. The molecule has 2 aliphatic carbocycles. The average Bonchev–Trinajstić information content (AvgIpc) is 3.15. The van der Waals surface area contributed by atoms with Crippen molar-refractivity contribution in [2.75, 3.05) is 6.54 Å². The minimum Gasteiger partial charge on any atom is -0.312 e. The van der Waals surface area contributed by atoms with Crippen LogP contribution in [0, 0.1) is 17.8 Å². The normalized spacial score (nSPS) is 35.5. The first-order valence-corrected chi connectivity index (χ1v) is 8.50. The molecule has 4 unspecified atom stereocenters. The summed E-state index contributed by atoms with van der Waals surface area (Å²) in [5.74, 6) is 5.36. The monoisotopic (exact) mass is 274 g/mol. The lowest BCUT2D eigenvalue weighted by Gasteiger charge is -2.26. The van der Waals surface area contributed by atoms with Crippen LogP contribution in [0.2, 0.25) is 0 Å². The van der Waals surface area contributed by atoms with E-state index in [1.165, 1.54) is 56.6 Å². The number of hydrogen-bond acceptors (Lipinski definition) is 3. The maximum absolute atomic E-state index is 4.55. The largest absolute Gasteiger partial charge is 0.312 e. The van der Waals surface area contributed by atoms with E-state index in [1.807, 2.05) is 0 Å². The van der Waals surface area contributed by atoms with Crippen molar-refractivity contribution in [1.29, 1.82) is 0 Å². The van der Waals surface area contributed by atoms with E-state index in [0.29, 0.717) is 6.04 Å². The molecule has 2 heterocycles. The van der Waals surface area contributed by atoms with Gasteiger partial charge in [-0.25, -0.2) is 0 Å². The van der Waals surface area contributed by atoms with Crippen molar-refractivity contribution in [2.24, 2.45) is 17.8 Å². The van der Waals surface area contributed by atoms with Crippen molar-refractivity contribution in [3.8, 4) is 0 Å². The highest BCUT2D eigenvalue weighted by molar-refractivity contribution is 5.06. The second-order valence-corrected chi connectivity index (χ2v) is 7.06. The highest BCUT2D eigenvalue weighted by Gasteiger charge is 2.40. The summed E-state index contributed by atoms with van der Waals surface area (Å²) in [5, 5.41) is 12.6. The van der Waals surface area contributed by atoms with E-state index in [-0.39, 0.29) is 0 Å². The highest BCUT2D eigenvalue weighted by Crippen LogP contribution is 2.49. The quantitative estimate of drug-likeness (QED) is 0.918. The second kappa shape index (κ2) is 5.14. The van der Waals surface area contributed by atoms with Crippen LogP contribution in [0.15, 0.2) is 0 Å². The van der Waals surface area contributed by atoms with E-state index >= 15 is 0 Å². The third kappa shape index (κ3) is 2.09. The Labute approximate surface area is 121 Å². The molecule has 1 aromatic heterocycles. The third-order valence-electron chi connectivity index (χ3n) is 5.80. The van der Waals surface area contributed by atoms with Gasteiger partial charge in [0.25, 0.3) is 0 Å². The second-order valence-electron chi connectivity index (χ2n) is 7.06. The molecule has 1 N–H and O–H groups in total. The van der Waals surface area contributed by atoms with Crippen molar-refractivity contribution in [3.63, 3.8) is 0 Å². The van der Waals surface area contributed by atoms with Crippen LogP contribution in [0.3, 0.4) is 0 Å². The van der Waals surface area contributed by atoms with E-state index in [9.17, 15) is 0 Å². The molecule has 1 aromatic rings. The van der Waals surface area contributed by atoms with Gasteiger partial charge in [-0.3, -0.25) is 0 Å². The van der Waals surface area contributed by atoms with E-state index in [2.05, 4.69) is 27.0 Å². The fourth-order valence-electron chi connectivity index (χ4n) is 4.82. The molecule has 0 spiro atoms. The minimum atomic E-state index is 0.426. The molecular formula is C16H26N4. The topological polar surface area (TPSA) is 42.7 Å². The van der Waals surface area contributed by atoms with Gasteiger partial charge >= 0.3 is 0 Å². The summed E-state index contributed by atoms with van der Waals surface area (Å²) < 4.78 is 2.42. The number of aromatic nitrogens is 3. The van der Waals surface area contributed by atoms with Crippen LogP contribution in [0.4, 0.5) is 0 Å². The highest BCUT2D eigenvalue weighted by atomic mass is 15.3. The SMILES string of the molecule is CCCC1NCCn2c(CC3CC4CCC3C4)nnc21. The molecule has 0 saturated heterocycles. The average molecular weight is 274 g/mol. The van der Waals surface area contributed by atoms with E-state index in [1.54, 1.807) is 0 Å². The lowest BCUT2D eigenvalue weighted by Crippen LogP contribution is -2.34. The smallest absolute Gasteiger partial charge is 0.150 e. The first-order valence-electron chi connectivity index (χ1n) is 8.50. The Morgan fingerprint density at radius 2 is 2.20 bits per heavy atom. The summed E-state index contributed by atoms with van der Waals surface area (Å²) in [5.41, 5.74) is 0. The fourth-order valence-corrected chi connectivity index (χ4v) is 4.82. The predicted octanol–water partition coefficient (Wildman–Crippen LogP) is 2.70. The summed E-state index contributed by atoms with van der Waals surface area (Å²) in [4.78, 5) is 0. The molecule has 2 bridgehead atoms. The Kier molecular flexibility index (Phi) is 3.29. The van der Waals surface area contributed by atoms with Crippen molar-refractivity contribution in [2.45, 2.75) is 64.5 Å². The lowest BCUT2D eigenvalue weighted by molar-refractivity contribution is 0.318. The number of rotatable bonds is 4. The molecule has 4 heteroatoms. The summed E-state index contributed by atoms with van der Waals surface area (Å²) in [7, 11) is 0. The van der Waals surface area contributed by atoms with Crippen molar-refractivity contribution in [3.05, 3.63) is 11.6 Å². The Hall–Kier alpha value is -0.900. The fraction of sp³-hybridized carbons (Fsp3) is 0.875. The van der Waals surface area contributed by atoms with Crippen LogP contribution >= 0.6 is 0 Å². The first kappa shape index (κ1) is 12.8. The van der Waals surface area contributed by atoms with Gasteiger partial charge in [0.2, 0.25) is 0 Å². The van der Waals surface area contributed by atoms with Gasteiger partial charge in [0.15, 0.2) is 0 Å². The number of nitrogens with one attached hydrogen (secondary N) is 1. The van der Waals surface area contributed by atoms with Crippen LogP contribution in [0.1, 0.15) is 63.1 Å². The summed E-state index contributed by atoms with van der Waals surface area (Å²) in [6, 6.07) is 0.426. The van der Waals surface area contributed by atoms with Crippen LogP contribution in [0.5, 0.6) is 0 Å². The third-order valence-corrected chi connectivity index (χ3v) is 5.80. The number of fused-ring (bicyclic) bond motifs is 3. The van der Waals surface area contributed by atoms with Gasteiger partial charge < -0.3 is 9.88 Å². The maximum atomic E-state index is 4.55. The predicted molar refractivity (Wildman–Crippen MR) is 78.3 cm³/mol. The van der Waals surface area contributed by atoms with Gasteiger partial charge in [-0.1, -0.05) is 19.8 Å². The summed E-state index contributed by atoms with van der Waals surface area (Å²) in [6.07, 6.45) is 9.44. The van der Waals surface area contributed by atoms with Gasteiger partial charge in [-0.2, -0.15) is 0 Å². The van der Waals surface area contributed by atoms with Gasteiger partial charge in [-0.15, -0.1) is 10.2 Å². The van der Waals surface area contributed by atoms with E-state index in [4.69, 9.17) is 0 Å². The zero-order valence-electron chi connectivity index (χ0n) is 12.5. The van der Waals surface area contributed by atoms with Crippen molar-refractivity contribution in [1.82, 2.24) is 20.1 Å². The first-order chi connectivity index (χ1) is 9.85. The summed E-state index contributed by atoms with van der Waals surface area (Å²) in [6.45, 7) is 4.37. The summed E-state index contributed by atoms with van der Waals surface area (Å²) >= 11 is 0. The maximum Gasteiger partial charge on any atom is 0.150 e. The Bertz CT molecular complexity index is 481. The Morgan fingerprint density at radius 1 is 1.25 bits per heavy atom. The number of nitrogens with zero attached hydrogens (tertiary/aromatic N) is 3. The molecule has 2 fully saturated rings. The molecule has 4 rings (SSSR count). The van der Waals surface area contributed by atoms with Crippen LogP contribution in [-0.2, 0) is 13.0 Å². The zero-order chi connectivity index (χ0) is 13.5. The van der Waals surface area contributed by atoms with Crippen LogP contribution in [0.25, 0.3) is 0 Å². The molecule has 4 atom stereocenters. The molecule has 110 valence electrons. The zero-order valence-corrected chi connectivity index (χ0v) is 12.5. The van der Waals surface area contributed by atoms with Gasteiger partial charge in [-0.05, 0) is 43.4 Å². The lowest BCUT2D eigenvalue weighted by atomic mass is 9.86. The molecule has 20 heavy (non-hydrogen) atoms. The van der Waals surface area contributed by atoms with Gasteiger partial charge in [0, 0.05) is 19.5 Å².